The molecule has 0 atom stereocenters. The van der Waals surface area contributed by atoms with Crippen molar-refractivity contribution >= 4 is 29.4 Å². The van der Waals surface area contributed by atoms with Crippen molar-refractivity contribution in [2.45, 2.75) is 57.5 Å². The molecule has 1 saturated carbocycles. The van der Waals surface area contributed by atoms with Crippen LogP contribution in [0, 0.1) is 0 Å². The number of amides is 3. The van der Waals surface area contributed by atoms with Crippen molar-refractivity contribution in [2.75, 3.05) is 19.7 Å². The monoisotopic (exact) mass is 427 g/mol. The Morgan fingerprint density at radius 2 is 2.03 bits per heavy atom. The van der Waals surface area contributed by atoms with Gasteiger partial charge in [0.15, 0.2) is 0 Å². The van der Waals surface area contributed by atoms with Gasteiger partial charge in [-0.05, 0) is 37.5 Å². The number of benzene rings is 1. The van der Waals surface area contributed by atoms with E-state index in [0.29, 0.717) is 44.2 Å². The minimum atomic E-state index is -0.468. The number of carbonyl (C=O) groups excluding carboxylic acids is 3. The first-order valence-corrected chi connectivity index (χ1v) is 11.0. The van der Waals surface area contributed by atoms with Gasteiger partial charge in [0.05, 0.1) is 18.8 Å². The number of ether oxygens (including phenoxy) is 1. The molecule has 2 heterocycles. The van der Waals surface area contributed by atoms with Gasteiger partial charge in [-0.2, -0.15) is 0 Å². The summed E-state index contributed by atoms with van der Waals surface area (Å²) in [6, 6.07) is 5.77. The topological polar surface area (TPSA) is 117 Å². The Labute approximate surface area is 181 Å². The second kappa shape index (κ2) is 9.36. The number of primary amides is 1. The highest BCUT2D eigenvalue weighted by atomic mass is 16.5. The highest BCUT2D eigenvalue weighted by Gasteiger charge is 2.29. The van der Waals surface area contributed by atoms with Crippen LogP contribution in [-0.2, 0) is 20.9 Å². The molecule has 4 rings (SSSR count). The molecule has 3 amide bonds. The first-order valence-electron chi connectivity index (χ1n) is 11.0. The summed E-state index contributed by atoms with van der Waals surface area (Å²) in [5, 5.41) is 2.75. The molecule has 2 aliphatic heterocycles. The molecule has 1 saturated heterocycles. The molecular formula is C22H29N5O4. The summed E-state index contributed by atoms with van der Waals surface area (Å²) in [5.41, 5.74) is 7.20. The fraction of sp³-hybridized carbons (Fsp3) is 0.545. The lowest BCUT2D eigenvalue weighted by Crippen LogP contribution is -2.46. The minimum Gasteiger partial charge on any atom is -0.494 e. The summed E-state index contributed by atoms with van der Waals surface area (Å²) < 4.78 is 5.85. The van der Waals surface area contributed by atoms with Gasteiger partial charge >= 0.3 is 0 Å². The molecule has 0 spiro atoms. The van der Waals surface area contributed by atoms with Gasteiger partial charge in [-0.15, -0.1) is 0 Å². The molecule has 3 aliphatic rings. The number of hydrogen-bond acceptors (Lipinski definition) is 6. The van der Waals surface area contributed by atoms with E-state index in [2.05, 4.69) is 10.3 Å². The van der Waals surface area contributed by atoms with E-state index >= 15 is 0 Å². The molecule has 0 bridgehead atoms. The number of hydrogen-bond donors (Lipinski definition) is 2. The second-order valence-corrected chi connectivity index (χ2v) is 8.36. The molecular weight excluding hydrogens is 398 g/mol. The van der Waals surface area contributed by atoms with E-state index in [1.54, 1.807) is 4.90 Å². The van der Waals surface area contributed by atoms with Crippen LogP contribution in [0.15, 0.2) is 23.2 Å². The largest absolute Gasteiger partial charge is 0.494 e. The maximum absolute atomic E-state index is 12.7. The first-order chi connectivity index (χ1) is 15.0. The third-order valence-electron chi connectivity index (χ3n) is 5.99. The fourth-order valence-corrected chi connectivity index (χ4v) is 4.47. The number of carbonyl (C=O) groups is 3. The molecule has 0 aromatic heterocycles. The number of fused-ring (bicyclic) bond motifs is 2. The van der Waals surface area contributed by atoms with Crippen LogP contribution in [0.3, 0.4) is 0 Å². The molecule has 3 N–H and O–H groups in total. The smallest absolute Gasteiger partial charge is 0.246 e. The number of nitrogens with zero attached hydrogens (tertiary/aromatic N) is 3. The van der Waals surface area contributed by atoms with E-state index in [1.807, 2.05) is 23.1 Å². The van der Waals surface area contributed by atoms with Gasteiger partial charge in [0, 0.05) is 24.6 Å². The van der Waals surface area contributed by atoms with Gasteiger partial charge in [-0.25, -0.2) is 4.99 Å². The maximum Gasteiger partial charge on any atom is 0.246 e. The van der Waals surface area contributed by atoms with Crippen LogP contribution >= 0.6 is 0 Å². The Balaban J connectivity index is 1.28. The number of nitrogens with one attached hydrogen (secondary N) is 1. The number of rotatable bonds is 8. The van der Waals surface area contributed by atoms with Crippen LogP contribution in [-0.4, -0.2) is 59.2 Å². The summed E-state index contributed by atoms with van der Waals surface area (Å²) in [5.74, 6) is 0.761. The van der Waals surface area contributed by atoms with Crippen molar-refractivity contribution < 1.29 is 19.1 Å². The number of guanidine groups is 1. The lowest BCUT2D eigenvalue weighted by molar-refractivity contribution is -0.138. The van der Waals surface area contributed by atoms with Crippen molar-refractivity contribution in [1.29, 1.82) is 0 Å². The van der Waals surface area contributed by atoms with Crippen LogP contribution in [0.2, 0.25) is 0 Å². The zero-order valence-corrected chi connectivity index (χ0v) is 17.6. The van der Waals surface area contributed by atoms with Crippen molar-refractivity contribution in [1.82, 2.24) is 15.1 Å². The van der Waals surface area contributed by atoms with E-state index < -0.39 is 5.91 Å². The fourth-order valence-electron chi connectivity index (χ4n) is 4.47. The Kier molecular flexibility index (Phi) is 6.39. The summed E-state index contributed by atoms with van der Waals surface area (Å²) in [7, 11) is 0. The van der Waals surface area contributed by atoms with Gasteiger partial charge in [-0.3, -0.25) is 19.7 Å². The molecule has 9 heteroatoms. The molecule has 1 aromatic carbocycles. The van der Waals surface area contributed by atoms with Crippen molar-refractivity contribution in [3.8, 4) is 5.75 Å². The van der Waals surface area contributed by atoms with Gasteiger partial charge in [-0.1, -0.05) is 19.3 Å². The predicted molar refractivity (Wildman–Crippen MR) is 115 cm³/mol. The Bertz CT molecular complexity index is 894. The average Bonchev–Trinajstić information content (AvgIpc) is 3.12. The highest BCUT2D eigenvalue weighted by molar-refractivity contribution is 6.05. The molecule has 31 heavy (non-hydrogen) atoms. The van der Waals surface area contributed by atoms with Crippen LogP contribution in [0.25, 0.3) is 0 Å². The molecule has 0 unspecified atom stereocenters. The standard InChI is InChI=1S/C22H29N5O4/c23-19(28)13-27(16-5-2-1-3-6-16)21(30)7-4-10-31-17-8-9-18-15(11-17)12-26-14-20(29)25-22(26)24-18/h8-9,11,16H,1-7,10,12-14H2,(H2,23,28)(H,24,25,29). The Morgan fingerprint density at radius 1 is 1.23 bits per heavy atom. The van der Waals surface area contributed by atoms with E-state index in [4.69, 9.17) is 10.5 Å². The van der Waals surface area contributed by atoms with Crippen LogP contribution in [0.5, 0.6) is 5.75 Å². The molecule has 1 aromatic rings. The Hall–Kier alpha value is -3.10. The molecule has 166 valence electrons. The van der Waals surface area contributed by atoms with Gasteiger partial charge < -0.3 is 20.3 Å². The minimum absolute atomic E-state index is 0.00839. The SMILES string of the molecule is NC(=O)CN(C(=O)CCCOc1ccc2c(c1)CN1CC(=O)NC1=N2)C1CCCCC1. The third-order valence-corrected chi connectivity index (χ3v) is 5.99. The lowest BCUT2D eigenvalue weighted by atomic mass is 9.94. The van der Waals surface area contributed by atoms with Crippen molar-refractivity contribution in [3.63, 3.8) is 0 Å². The van der Waals surface area contributed by atoms with Crippen molar-refractivity contribution in [2.24, 2.45) is 10.7 Å². The maximum atomic E-state index is 12.7. The zero-order chi connectivity index (χ0) is 21.8. The normalized spacial score (nSPS) is 18.0. The van der Waals surface area contributed by atoms with E-state index in [1.165, 1.54) is 6.42 Å². The molecule has 9 nitrogen and oxygen atoms in total. The quantitative estimate of drug-likeness (QED) is 0.609. The van der Waals surface area contributed by atoms with Crippen LogP contribution in [0.4, 0.5) is 5.69 Å². The highest BCUT2D eigenvalue weighted by Crippen LogP contribution is 2.30. The van der Waals surface area contributed by atoms with Gasteiger partial charge in [0.25, 0.3) is 0 Å². The Morgan fingerprint density at radius 3 is 2.81 bits per heavy atom. The summed E-state index contributed by atoms with van der Waals surface area (Å²) >= 11 is 0. The summed E-state index contributed by atoms with van der Waals surface area (Å²) in [6.07, 6.45) is 6.11. The molecule has 0 radical (unpaired) electrons. The molecule has 2 fully saturated rings. The second-order valence-electron chi connectivity index (χ2n) is 8.36. The lowest BCUT2D eigenvalue weighted by Gasteiger charge is -2.33. The third kappa shape index (κ3) is 5.15. The number of nitrogens with two attached hydrogens (primary N) is 1. The van der Waals surface area contributed by atoms with E-state index in [9.17, 15) is 14.4 Å². The van der Waals surface area contributed by atoms with Crippen molar-refractivity contribution in [3.05, 3.63) is 23.8 Å². The van der Waals surface area contributed by atoms with Gasteiger partial charge in [0.2, 0.25) is 23.7 Å². The zero-order valence-electron chi connectivity index (χ0n) is 17.6. The summed E-state index contributed by atoms with van der Waals surface area (Å²) in [6.45, 7) is 1.31. The summed E-state index contributed by atoms with van der Waals surface area (Å²) in [4.78, 5) is 43.8. The van der Waals surface area contributed by atoms with E-state index in [-0.39, 0.29) is 24.4 Å². The predicted octanol–water partition coefficient (Wildman–Crippen LogP) is 1.43. The van der Waals surface area contributed by atoms with Crippen LogP contribution < -0.4 is 15.8 Å². The van der Waals surface area contributed by atoms with Crippen LogP contribution in [0.1, 0.15) is 50.5 Å². The average molecular weight is 428 g/mol. The number of aliphatic imine (C=N–C) groups is 1. The van der Waals surface area contributed by atoms with E-state index in [0.717, 1.165) is 36.9 Å². The van der Waals surface area contributed by atoms with Gasteiger partial charge in [0.1, 0.15) is 12.3 Å². The molecule has 1 aliphatic carbocycles. The first kappa shape index (κ1) is 21.1.